The third-order valence-electron chi connectivity index (χ3n) is 3.29. The van der Waals surface area contributed by atoms with Crippen LogP contribution in [-0.2, 0) is 11.2 Å². The van der Waals surface area contributed by atoms with Gasteiger partial charge in [0.05, 0.1) is 6.54 Å². The third kappa shape index (κ3) is 5.59. The molecule has 0 unspecified atom stereocenters. The quantitative estimate of drug-likeness (QED) is 0.753. The Morgan fingerprint density at radius 1 is 1.35 bits per heavy atom. The molecular weight excluding hydrogens is 315 g/mol. The standard InChI is InChI=1S/C16H21FN4OS/c1-3-4-9-18-15(22)11-21(2)16-19-14(20-23-16)10-12-5-7-13(17)8-6-12/h5-8H,3-4,9-11H2,1-2H3,(H,18,22). The van der Waals surface area contributed by atoms with Crippen molar-refractivity contribution in [3.05, 3.63) is 41.5 Å². The van der Waals surface area contributed by atoms with Gasteiger partial charge in [0, 0.05) is 31.5 Å². The van der Waals surface area contributed by atoms with Gasteiger partial charge in [-0.15, -0.1) is 0 Å². The Morgan fingerprint density at radius 2 is 2.09 bits per heavy atom. The lowest BCUT2D eigenvalue weighted by molar-refractivity contribution is -0.119. The number of anilines is 1. The van der Waals surface area contributed by atoms with E-state index >= 15 is 0 Å². The fourth-order valence-electron chi connectivity index (χ4n) is 2.00. The number of hydrogen-bond acceptors (Lipinski definition) is 5. The van der Waals surface area contributed by atoms with E-state index in [1.165, 1.54) is 23.7 Å². The molecule has 0 atom stereocenters. The zero-order chi connectivity index (χ0) is 16.7. The molecule has 0 aliphatic rings. The highest BCUT2D eigenvalue weighted by Crippen LogP contribution is 2.17. The highest BCUT2D eigenvalue weighted by atomic mass is 32.1. The number of unbranched alkanes of at least 4 members (excludes halogenated alkanes) is 1. The lowest BCUT2D eigenvalue weighted by Crippen LogP contribution is -2.35. The summed E-state index contributed by atoms with van der Waals surface area (Å²) in [6, 6.07) is 6.30. The topological polar surface area (TPSA) is 58.1 Å². The van der Waals surface area contributed by atoms with Gasteiger partial charge in [0.2, 0.25) is 11.0 Å². The lowest BCUT2D eigenvalue weighted by Gasteiger charge is -2.14. The number of likely N-dealkylation sites (N-methyl/N-ethyl adjacent to an activating group) is 1. The summed E-state index contributed by atoms with van der Waals surface area (Å²) in [7, 11) is 1.82. The fourth-order valence-corrected chi connectivity index (χ4v) is 2.64. The van der Waals surface area contributed by atoms with Crippen molar-refractivity contribution in [2.24, 2.45) is 0 Å². The van der Waals surface area contributed by atoms with Crippen LogP contribution in [0, 0.1) is 5.82 Å². The minimum Gasteiger partial charge on any atom is -0.355 e. The summed E-state index contributed by atoms with van der Waals surface area (Å²) < 4.78 is 17.2. The molecule has 1 N–H and O–H groups in total. The Bertz CT molecular complexity index is 629. The number of nitrogens with zero attached hydrogens (tertiary/aromatic N) is 3. The second-order valence-electron chi connectivity index (χ2n) is 5.36. The molecule has 1 amide bonds. The van der Waals surface area contributed by atoms with Crippen LogP contribution in [-0.4, -0.2) is 35.4 Å². The molecule has 2 rings (SSSR count). The van der Waals surface area contributed by atoms with Crippen molar-refractivity contribution < 1.29 is 9.18 Å². The first-order valence-corrected chi connectivity index (χ1v) is 8.40. The van der Waals surface area contributed by atoms with Crippen LogP contribution in [0.5, 0.6) is 0 Å². The van der Waals surface area contributed by atoms with Gasteiger partial charge in [-0.3, -0.25) is 4.79 Å². The van der Waals surface area contributed by atoms with Crippen molar-refractivity contribution in [1.29, 1.82) is 0 Å². The van der Waals surface area contributed by atoms with Crippen molar-refractivity contribution in [3.8, 4) is 0 Å². The van der Waals surface area contributed by atoms with Crippen LogP contribution >= 0.6 is 11.5 Å². The number of nitrogens with one attached hydrogen (secondary N) is 1. The van der Waals surface area contributed by atoms with Crippen LogP contribution in [0.25, 0.3) is 0 Å². The van der Waals surface area contributed by atoms with E-state index < -0.39 is 0 Å². The maximum Gasteiger partial charge on any atom is 0.239 e. The van der Waals surface area contributed by atoms with Crippen LogP contribution in [0.2, 0.25) is 0 Å². The second kappa shape index (κ2) is 8.57. The highest BCUT2D eigenvalue weighted by molar-refractivity contribution is 7.09. The lowest BCUT2D eigenvalue weighted by atomic mass is 10.1. The predicted molar refractivity (Wildman–Crippen MR) is 90.3 cm³/mol. The Morgan fingerprint density at radius 3 is 2.78 bits per heavy atom. The van der Waals surface area contributed by atoms with Crippen molar-refractivity contribution in [2.45, 2.75) is 26.2 Å². The summed E-state index contributed by atoms with van der Waals surface area (Å²) in [6.45, 7) is 3.05. The molecule has 124 valence electrons. The first-order chi connectivity index (χ1) is 11.1. The SMILES string of the molecule is CCCCNC(=O)CN(C)c1nc(Cc2ccc(F)cc2)ns1. The number of rotatable bonds is 8. The number of carbonyl (C=O) groups excluding carboxylic acids is 1. The largest absolute Gasteiger partial charge is 0.355 e. The normalized spacial score (nSPS) is 10.6. The summed E-state index contributed by atoms with van der Waals surface area (Å²) in [6.07, 6.45) is 2.59. The van der Waals surface area contributed by atoms with E-state index in [0.29, 0.717) is 23.9 Å². The number of amides is 1. The van der Waals surface area contributed by atoms with Crippen LogP contribution in [0.1, 0.15) is 31.2 Å². The highest BCUT2D eigenvalue weighted by Gasteiger charge is 2.12. The van der Waals surface area contributed by atoms with Gasteiger partial charge in [0.15, 0.2) is 0 Å². The molecule has 0 aliphatic carbocycles. The Balaban J connectivity index is 1.87. The van der Waals surface area contributed by atoms with E-state index in [1.54, 1.807) is 17.0 Å². The molecule has 1 aromatic heterocycles. The van der Waals surface area contributed by atoms with Crippen LogP contribution in [0.4, 0.5) is 9.52 Å². The average Bonchev–Trinajstić information content (AvgIpc) is 2.98. The minimum atomic E-state index is -0.255. The van der Waals surface area contributed by atoms with Crippen molar-refractivity contribution in [3.63, 3.8) is 0 Å². The van der Waals surface area contributed by atoms with Crippen molar-refractivity contribution in [1.82, 2.24) is 14.7 Å². The summed E-state index contributed by atoms with van der Waals surface area (Å²) in [5, 5.41) is 3.58. The molecule has 0 radical (unpaired) electrons. The van der Waals surface area contributed by atoms with Crippen LogP contribution in [0.3, 0.4) is 0 Å². The second-order valence-corrected chi connectivity index (χ2v) is 6.09. The van der Waals surface area contributed by atoms with Gasteiger partial charge in [-0.25, -0.2) is 9.37 Å². The van der Waals surface area contributed by atoms with E-state index in [9.17, 15) is 9.18 Å². The van der Waals surface area contributed by atoms with E-state index in [0.717, 1.165) is 18.4 Å². The van der Waals surface area contributed by atoms with Gasteiger partial charge in [-0.2, -0.15) is 4.37 Å². The van der Waals surface area contributed by atoms with Gasteiger partial charge in [-0.1, -0.05) is 25.5 Å². The predicted octanol–water partition coefficient (Wildman–Crippen LogP) is 2.62. The zero-order valence-electron chi connectivity index (χ0n) is 13.4. The summed E-state index contributed by atoms with van der Waals surface area (Å²) in [4.78, 5) is 18.0. The molecule has 0 spiro atoms. The van der Waals surface area contributed by atoms with Crippen molar-refractivity contribution >= 4 is 22.6 Å². The number of aromatic nitrogens is 2. The van der Waals surface area contributed by atoms with Crippen LogP contribution in [0.15, 0.2) is 24.3 Å². The van der Waals surface area contributed by atoms with Gasteiger partial charge >= 0.3 is 0 Å². The van der Waals surface area contributed by atoms with Gasteiger partial charge in [0.25, 0.3) is 0 Å². The molecule has 0 saturated carbocycles. The molecule has 2 aromatic rings. The Labute approximate surface area is 139 Å². The molecule has 0 saturated heterocycles. The maximum atomic E-state index is 12.9. The molecule has 23 heavy (non-hydrogen) atoms. The molecule has 0 aliphatic heterocycles. The first kappa shape index (κ1) is 17.3. The van der Waals surface area contributed by atoms with Gasteiger partial charge < -0.3 is 10.2 Å². The third-order valence-corrected chi connectivity index (χ3v) is 4.16. The molecule has 7 heteroatoms. The summed E-state index contributed by atoms with van der Waals surface area (Å²) >= 11 is 1.26. The monoisotopic (exact) mass is 336 g/mol. The Hall–Kier alpha value is -2.02. The average molecular weight is 336 g/mol. The van der Waals surface area contributed by atoms with E-state index in [1.807, 2.05) is 7.05 Å². The molecule has 1 aromatic carbocycles. The van der Waals surface area contributed by atoms with Crippen LogP contribution < -0.4 is 10.2 Å². The number of halogens is 1. The number of benzene rings is 1. The van der Waals surface area contributed by atoms with Crippen molar-refractivity contribution in [2.75, 3.05) is 25.0 Å². The molecule has 0 fully saturated rings. The molecule has 0 bridgehead atoms. The molecular formula is C16H21FN4OS. The molecule has 1 heterocycles. The first-order valence-electron chi connectivity index (χ1n) is 7.63. The van der Waals surface area contributed by atoms with E-state index in [2.05, 4.69) is 21.6 Å². The van der Waals surface area contributed by atoms with E-state index in [4.69, 9.17) is 0 Å². The summed E-state index contributed by atoms with van der Waals surface area (Å²) in [5.74, 6) is 0.403. The zero-order valence-corrected chi connectivity index (χ0v) is 14.2. The Kier molecular flexibility index (Phi) is 6.46. The minimum absolute atomic E-state index is 0.0174. The number of hydrogen-bond donors (Lipinski definition) is 1. The molecule has 5 nitrogen and oxygen atoms in total. The summed E-state index contributed by atoms with van der Waals surface area (Å²) in [5.41, 5.74) is 0.954. The smallest absolute Gasteiger partial charge is 0.239 e. The fraction of sp³-hybridized carbons (Fsp3) is 0.438. The van der Waals surface area contributed by atoms with Gasteiger partial charge in [0.1, 0.15) is 11.6 Å². The maximum absolute atomic E-state index is 12.9. The number of carbonyl (C=O) groups is 1. The van der Waals surface area contributed by atoms with Gasteiger partial charge in [-0.05, 0) is 24.1 Å². The van der Waals surface area contributed by atoms with E-state index in [-0.39, 0.29) is 18.3 Å².